The van der Waals surface area contributed by atoms with Gasteiger partial charge in [0.25, 0.3) is 0 Å². The molecular weight excluding hydrogens is 174 g/mol. The maximum Gasteiger partial charge on any atom is 0.213 e. The van der Waals surface area contributed by atoms with Gasteiger partial charge in [-0.25, -0.2) is 12.7 Å². The highest BCUT2D eigenvalue weighted by atomic mass is 32.2. The molecule has 0 spiro atoms. The van der Waals surface area contributed by atoms with Gasteiger partial charge in [0.05, 0.1) is 5.75 Å². The fraction of sp³-hybridized carbons (Fsp3) is 1.00. The van der Waals surface area contributed by atoms with Gasteiger partial charge in [0, 0.05) is 13.6 Å². The molecule has 0 aromatic carbocycles. The van der Waals surface area contributed by atoms with Crippen LogP contribution in [0.4, 0.5) is 0 Å². The first-order valence-electron chi connectivity index (χ1n) is 4.37. The van der Waals surface area contributed by atoms with E-state index in [1.807, 2.05) is 0 Å². The first-order valence-corrected chi connectivity index (χ1v) is 5.98. The molecule has 1 atom stereocenters. The second-order valence-corrected chi connectivity index (χ2v) is 6.08. The van der Waals surface area contributed by atoms with Crippen molar-refractivity contribution in [3.8, 4) is 0 Å². The molecule has 1 saturated heterocycles. The van der Waals surface area contributed by atoms with Gasteiger partial charge in [-0.1, -0.05) is 13.8 Å². The summed E-state index contributed by atoms with van der Waals surface area (Å²) in [5, 5.41) is 0. The van der Waals surface area contributed by atoms with Crippen molar-refractivity contribution in [1.82, 2.24) is 4.31 Å². The molecule has 0 bridgehead atoms. The van der Waals surface area contributed by atoms with Crippen molar-refractivity contribution in [3.63, 3.8) is 0 Å². The normalized spacial score (nSPS) is 30.8. The summed E-state index contributed by atoms with van der Waals surface area (Å²) in [6.07, 6.45) is 0.824. The Kier molecular flexibility index (Phi) is 2.78. The average Bonchev–Trinajstić information content (AvgIpc) is 1.94. The zero-order chi connectivity index (χ0) is 9.35. The minimum Gasteiger partial charge on any atom is -0.212 e. The first-order chi connectivity index (χ1) is 5.43. The van der Waals surface area contributed by atoms with Crippen LogP contribution >= 0.6 is 0 Å². The third-order valence-electron chi connectivity index (χ3n) is 2.66. The Morgan fingerprint density at radius 1 is 1.42 bits per heavy atom. The Labute approximate surface area is 74.8 Å². The molecule has 1 aliphatic heterocycles. The SMILES string of the molecule is CC(C)[C@@H]1CCS(=O)(=O)N(C)C1. The van der Waals surface area contributed by atoms with Crippen molar-refractivity contribution in [1.29, 1.82) is 0 Å². The van der Waals surface area contributed by atoms with Crippen LogP contribution < -0.4 is 0 Å². The second-order valence-electron chi connectivity index (χ2n) is 3.89. The van der Waals surface area contributed by atoms with Gasteiger partial charge < -0.3 is 0 Å². The van der Waals surface area contributed by atoms with Crippen molar-refractivity contribution in [2.45, 2.75) is 20.3 Å². The van der Waals surface area contributed by atoms with E-state index in [-0.39, 0.29) is 0 Å². The fourth-order valence-electron chi connectivity index (χ4n) is 1.54. The van der Waals surface area contributed by atoms with Gasteiger partial charge in [0.2, 0.25) is 10.0 Å². The second kappa shape index (κ2) is 3.34. The molecule has 3 nitrogen and oxygen atoms in total. The van der Waals surface area contributed by atoms with E-state index >= 15 is 0 Å². The molecular formula is C8H17NO2S. The molecule has 0 N–H and O–H groups in total. The summed E-state index contributed by atoms with van der Waals surface area (Å²) < 4.78 is 24.0. The number of nitrogens with zero attached hydrogens (tertiary/aromatic N) is 1. The zero-order valence-electron chi connectivity index (χ0n) is 7.95. The third kappa shape index (κ3) is 1.98. The molecule has 1 aliphatic rings. The summed E-state index contributed by atoms with van der Waals surface area (Å²) in [5.41, 5.74) is 0. The highest BCUT2D eigenvalue weighted by Crippen LogP contribution is 2.23. The van der Waals surface area contributed by atoms with Gasteiger partial charge in [0.1, 0.15) is 0 Å². The van der Waals surface area contributed by atoms with Crippen molar-refractivity contribution >= 4 is 10.0 Å². The van der Waals surface area contributed by atoms with E-state index in [0.29, 0.717) is 24.1 Å². The number of hydrogen-bond donors (Lipinski definition) is 0. The Hall–Kier alpha value is -0.0900. The lowest BCUT2D eigenvalue weighted by atomic mass is 9.93. The van der Waals surface area contributed by atoms with E-state index in [9.17, 15) is 8.42 Å². The Morgan fingerprint density at radius 2 is 2.00 bits per heavy atom. The molecule has 12 heavy (non-hydrogen) atoms. The summed E-state index contributed by atoms with van der Waals surface area (Å²) in [4.78, 5) is 0. The van der Waals surface area contributed by atoms with Gasteiger partial charge in [-0.2, -0.15) is 0 Å². The zero-order valence-corrected chi connectivity index (χ0v) is 8.76. The van der Waals surface area contributed by atoms with E-state index in [4.69, 9.17) is 0 Å². The van der Waals surface area contributed by atoms with Crippen molar-refractivity contribution in [3.05, 3.63) is 0 Å². The molecule has 0 amide bonds. The van der Waals surface area contributed by atoms with Gasteiger partial charge in [0.15, 0.2) is 0 Å². The summed E-state index contributed by atoms with van der Waals surface area (Å²) in [6.45, 7) is 4.99. The van der Waals surface area contributed by atoms with Gasteiger partial charge >= 0.3 is 0 Å². The predicted molar refractivity (Wildman–Crippen MR) is 49.4 cm³/mol. The summed E-state index contributed by atoms with van der Waals surface area (Å²) >= 11 is 0. The number of sulfonamides is 1. The van der Waals surface area contributed by atoms with Crippen molar-refractivity contribution in [2.75, 3.05) is 19.3 Å². The van der Waals surface area contributed by atoms with Crippen molar-refractivity contribution in [2.24, 2.45) is 11.8 Å². The maximum absolute atomic E-state index is 11.3. The quantitative estimate of drug-likeness (QED) is 0.618. The van der Waals surface area contributed by atoms with E-state index < -0.39 is 10.0 Å². The van der Waals surface area contributed by atoms with Crippen LogP contribution in [-0.2, 0) is 10.0 Å². The average molecular weight is 191 g/mol. The van der Waals surface area contributed by atoms with Gasteiger partial charge in [-0.15, -0.1) is 0 Å². The Balaban J connectivity index is 2.64. The van der Waals surface area contributed by atoms with Gasteiger partial charge in [-0.3, -0.25) is 0 Å². The summed E-state index contributed by atoms with van der Waals surface area (Å²) in [5.74, 6) is 1.45. The Morgan fingerprint density at radius 3 is 2.42 bits per heavy atom. The highest BCUT2D eigenvalue weighted by molar-refractivity contribution is 7.89. The minimum atomic E-state index is -2.89. The van der Waals surface area contributed by atoms with Crippen LogP contribution in [0, 0.1) is 11.8 Å². The molecule has 0 aliphatic carbocycles. The molecule has 4 heteroatoms. The number of hydrogen-bond acceptors (Lipinski definition) is 2. The maximum atomic E-state index is 11.3. The van der Waals surface area contributed by atoms with E-state index in [1.54, 1.807) is 7.05 Å². The molecule has 0 aromatic heterocycles. The van der Waals surface area contributed by atoms with E-state index in [2.05, 4.69) is 13.8 Å². The summed E-state index contributed by atoms with van der Waals surface area (Å²) in [6, 6.07) is 0. The molecule has 0 unspecified atom stereocenters. The molecule has 1 fully saturated rings. The number of rotatable bonds is 1. The van der Waals surface area contributed by atoms with Crippen LogP contribution in [0.25, 0.3) is 0 Å². The summed E-state index contributed by atoms with van der Waals surface area (Å²) in [7, 11) is -1.22. The predicted octanol–water partition coefficient (Wildman–Crippen LogP) is 0.924. The lowest BCUT2D eigenvalue weighted by Crippen LogP contribution is -2.41. The monoisotopic (exact) mass is 191 g/mol. The van der Waals surface area contributed by atoms with Crippen LogP contribution in [0.1, 0.15) is 20.3 Å². The third-order valence-corrected chi connectivity index (χ3v) is 4.51. The smallest absolute Gasteiger partial charge is 0.212 e. The van der Waals surface area contributed by atoms with E-state index in [1.165, 1.54) is 4.31 Å². The van der Waals surface area contributed by atoms with E-state index in [0.717, 1.165) is 6.42 Å². The topological polar surface area (TPSA) is 37.4 Å². The molecule has 0 saturated carbocycles. The molecule has 72 valence electrons. The Bertz CT molecular complexity index is 246. The van der Waals surface area contributed by atoms with Crippen LogP contribution in [0.3, 0.4) is 0 Å². The molecule has 0 radical (unpaired) electrons. The first kappa shape index (κ1) is 9.99. The lowest BCUT2D eigenvalue weighted by Gasteiger charge is -2.31. The van der Waals surface area contributed by atoms with Crippen LogP contribution in [0.15, 0.2) is 0 Å². The molecule has 1 heterocycles. The standard InChI is InChI=1S/C8H17NO2S/c1-7(2)8-4-5-12(10,11)9(3)6-8/h7-8H,4-6H2,1-3H3/t8-/m1/s1. The highest BCUT2D eigenvalue weighted by Gasteiger charge is 2.29. The van der Waals surface area contributed by atoms with Crippen molar-refractivity contribution < 1.29 is 8.42 Å². The minimum absolute atomic E-state index is 0.326. The molecule has 1 rings (SSSR count). The van der Waals surface area contributed by atoms with Gasteiger partial charge in [-0.05, 0) is 18.3 Å². The lowest BCUT2D eigenvalue weighted by molar-refractivity contribution is 0.282. The fourth-order valence-corrected chi connectivity index (χ4v) is 2.87. The van der Waals surface area contributed by atoms with Crippen LogP contribution in [0.5, 0.6) is 0 Å². The van der Waals surface area contributed by atoms with Crippen LogP contribution in [-0.4, -0.2) is 32.1 Å². The molecule has 0 aromatic rings. The van der Waals surface area contributed by atoms with Crippen LogP contribution in [0.2, 0.25) is 0 Å². The largest absolute Gasteiger partial charge is 0.213 e.